The Balaban J connectivity index is 2.32. The van der Waals surface area contributed by atoms with Crippen molar-refractivity contribution in [3.05, 3.63) is 11.3 Å². The van der Waals surface area contributed by atoms with Gasteiger partial charge in [-0.25, -0.2) is 0 Å². The fraction of sp³-hybridized carbons (Fsp3) is 0.778. The van der Waals surface area contributed by atoms with E-state index in [1.807, 2.05) is 27.0 Å². The van der Waals surface area contributed by atoms with E-state index in [4.69, 9.17) is 4.74 Å². The van der Waals surface area contributed by atoms with Gasteiger partial charge in [0.2, 0.25) is 0 Å². The molecular weight excluding hydrogens is 342 g/mol. The molecule has 0 aromatic heterocycles. The van der Waals surface area contributed by atoms with E-state index in [9.17, 15) is 20.1 Å². The van der Waals surface area contributed by atoms with E-state index in [0.717, 1.165) is 0 Å². The van der Waals surface area contributed by atoms with Crippen molar-refractivity contribution in [2.24, 2.45) is 16.3 Å². The van der Waals surface area contributed by atoms with Gasteiger partial charge in [-0.2, -0.15) is 0 Å². The SMILES string of the molecule is CSC1OC(CO)[C@@H](O)[C@H](C)[C@@H]1N=C(C)C1=C(O)CC(C)(C)CC1=O. The Bertz CT molecular complexity index is 584. The molecule has 7 heteroatoms. The molecule has 0 radical (unpaired) electrons. The van der Waals surface area contributed by atoms with Gasteiger partial charge in [-0.1, -0.05) is 20.8 Å². The highest BCUT2D eigenvalue weighted by atomic mass is 32.2. The zero-order valence-corrected chi connectivity index (χ0v) is 16.3. The lowest BCUT2D eigenvalue weighted by molar-refractivity contribution is -0.137. The van der Waals surface area contributed by atoms with Gasteiger partial charge in [0.1, 0.15) is 17.3 Å². The van der Waals surface area contributed by atoms with Crippen molar-refractivity contribution in [3.63, 3.8) is 0 Å². The van der Waals surface area contributed by atoms with Gasteiger partial charge in [-0.05, 0) is 18.6 Å². The van der Waals surface area contributed by atoms with Gasteiger partial charge in [0.25, 0.3) is 0 Å². The highest BCUT2D eigenvalue weighted by Gasteiger charge is 2.43. The number of aliphatic hydroxyl groups excluding tert-OH is 3. The van der Waals surface area contributed by atoms with E-state index in [2.05, 4.69) is 4.99 Å². The van der Waals surface area contributed by atoms with Gasteiger partial charge in [-0.15, -0.1) is 11.8 Å². The number of allylic oxidation sites excluding steroid dienone is 2. The van der Waals surface area contributed by atoms with Crippen molar-refractivity contribution < 1.29 is 24.9 Å². The Kier molecular flexibility index (Phi) is 6.35. The minimum Gasteiger partial charge on any atom is -0.511 e. The van der Waals surface area contributed by atoms with E-state index in [1.54, 1.807) is 6.92 Å². The standard InChI is InChI=1S/C18H29NO5S/c1-9-15(17(25-5)24-13(8-20)16(9)23)19-10(2)14-11(21)6-18(3,4)7-12(14)22/h9,13,15-17,20-21,23H,6-8H2,1-5H3/t9-,13?,15+,16+,17?/m1/s1. The summed E-state index contributed by atoms with van der Waals surface area (Å²) in [4.78, 5) is 17.1. The van der Waals surface area contributed by atoms with E-state index in [1.165, 1.54) is 11.8 Å². The van der Waals surface area contributed by atoms with Gasteiger partial charge < -0.3 is 20.1 Å². The summed E-state index contributed by atoms with van der Waals surface area (Å²) in [6.07, 6.45) is 1.23. The number of carbonyl (C=O) groups excluding carboxylic acids is 1. The van der Waals surface area contributed by atoms with Crippen LogP contribution in [0.3, 0.4) is 0 Å². The highest BCUT2D eigenvalue weighted by Crippen LogP contribution is 2.37. The van der Waals surface area contributed by atoms with Crippen molar-refractivity contribution >= 4 is 23.3 Å². The normalized spacial score (nSPS) is 36.7. The molecule has 0 saturated carbocycles. The average Bonchev–Trinajstić information content (AvgIpc) is 2.50. The molecule has 2 rings (SSSR count). The van der Waals surface area contributed by atoms with Crippen molar-refractivity contribution in [1.29, 1.82) is 0 Å². The molecule has 0 bridgehead atoms. The van der Waals surface area contributed by atoms with E-state index < -0.39 is 12.2 Å². The van der Waals surface area contributed by atoms with Crippen LogP contribution in [0.2, 0.25) is 0 Å². The molecule has 142 valence electrons. The molecule has 5 atom stereocenters. The summed E-state index contributed by atoms with van der Waals surface area (Å²) < 4.78 is 5.75. The fourth-order valence-corrected chi connectivity index (χ4v) is 4.47. The third-order valence-electron chi connectivity index (χ3n) is 5.02. The first-order valence-electron chi connectivity index (χ1n) is 8.58. The molecule has 6 nitrogen and oxygen atoms in total. The number of rotatable bonds is 4. The minimum atomic E-state index is -0.835. The molecular formula is C18H29NO5S. The Hall–Kier alpha value is -0.890. The lowest BCUT2D eigenvalue weighted by Gasteiger charge is -2.41. The van der Waals surface area contributed by atoms with E-state index >= 15 is 0 Å². The summed E-state index contributed by atoms with van der Waals surface area (Å²) in [5, 5.41) is 30.0. The molecule has 1 heterocycles. The van der Waals surface area contributed by atoms with Gasteiger partial charge in [0, 0.05) is 24.5 Å². The van der Waals surface area contributed by atoms with Crippen LogP contribution >= 0.6 is 11.8 Å². The third-order valence-corrected chi connectivity index (χ3v) is 5.87. The van der Waals surface area contributed by atoms with Crippen LogP contribution in [0.4, 0.5) is 0 Å². The van der Waals surface area contributed by atoms with Crippen LogP contribution < -0.4 is 0 Å². The first-order chi connectivity index (χ1) is 11.6. The lowest BCUT2D eigenvalue weighted by atomic mass is 9.75. The number of carbonyl (C=O) groups is 1. The monoisotopic (exact) mass is 371 g/mol. The van der Waals surface area contributed by atoms with Crippen molar-refractivity contribution in [1.82, 2.24) is 0 Å². The molecule has 0 aromatic rings. The number of hydrogen-bond acceptors (Lipinski definition) is 7. The first-order valence-corrected chi connectivity index (χ1v) is 9.87. The maximum Gasteiger partial charge on any atom is 0.168 e. The number of nitrogens with zero attached hydrogens (tertiary/aromatic N) is 1. The number of thioether (sulfide) groups is 1. The van der Waals surface area contributed by atoms with E-state index in [-0.39, 0.29) is 41.0 Å². The number of ketones is 1. The summed E-state index contributed by atoms with van der Waals surface area (Å²) >= 11 is 1.45. The smallest absolute Gasteiger partial charge is 0.168 e. The molecule has 0 amide bonds. The zero-order valence-electron chi connectivity index (χ0n) is 15.5. The topological polar surface area (TPSA) is 99.3 Å². The summed E-state index contributed by atoms with van der Waals surface area (Å²) in [5.41, 5.74) is 0.194. The highest BCUT2D eigenvalue weighted by molar-refractivity contribution is 7.99. The number of ether oxygens (including phenoxy) is 1. The average molecular weight is 371 g/mol. The minimum absolute atomic E-state index is 0.0846. The molecule has 1 aliphatic heterocycles. The van der Waals surface area contributed by atoms with Crippen LogP contribution in [0.5, 0.6) is 0 Å². The van der Waals surface area contributed by atoms with Crippen LogP contribution in [0.1, 0.15) is 40.5 Å². The lowest BCUT2D eigenvalue weighted by Crippen LogP contribution is -2.52. The summed E-state index contributed by atoms with van der Waals surface area (Å²) in [5.74, 6) is -0.258. The second-order valence-corrected chi connectivity index (χ2v) is 8.71. The second-order valence-electron chi connectivity index (χ2n) is 7.78. The molecule has 2 unspecified atom stereocenters. The summed E-state index contributed by atoms with van der Waals surface area (Å²) in [6.45, 7) is 7.24. The summed E-state index contributed by atoms with van der Waals surface area (Å²) in [6, 6.07) is -0.365. The molecule has 3 N–H and O–H groups in total. The molecule has 1 fully saturated rings. The Morgan fingerprint density at radius 3 is 2.56 bits per heavy atom. The molecule has 0 aromatic carbocycles. The van der Waals surface area contributed by atoms with Gasteiger partial charge >= 0.3 is 0 Å². The summed E-state index contributed by atoms with van der Waals surface area (Å²) in [7, 11) is 0. The Morgan fingerprint density at radius 1 is 1.40 bits per heavy atom. The Morgan fingerprint density at radius 2 is 2.04 bits per heavy atom. The van der Waals surface area contributed by atoms with Crippen LogP contribution in [0.25, 0.3) is 0 Å². The molecule has 0 spiro atoms. The Labute approximate surface area is 153 Å². The first kappa shape index (κ1) is 20.4. The number of Topliss-reactive ketones (excluding diaryl/α,β-unsaturated/α-hetero) is 1. The number of hydrogen-bond donors (Lipinski definition) is 3. The van der Waals surface area contributed by atoms with Gasteiger partial charge in [-0.3, -0.25) is 9.79 Å². The van der Waals surface area contributed by atoms with Crippen LogP contribution in [-0.2, 0) is 9.53 Å². The largest absolute Gasteiger partial charge is 0.511 e. The van der Waals surface area contributed by atoms with Crippen molar-refractivity contribution in [2.45, 2.75) is 64.2 Å². The quantitative estimate of drug-likeness (QED) is 0.655. The fourth-order valence-electron chi connectivity index (χ4n) is 3.63. The van der Waals surface area contributed by atoms with Crippen molar-refractivity contribution in [2.75, 3.05) is 12.9 Å². The number of aliphatic imine (C=N–C) groups is 1. The predicted molar refractivity (Wildman–Crippen MR) is 99.0 cm³/mol. The second kappa shape index (κ2) is 7.78. The molecule has 1 aliphatic carbocycles. The number of aliphatic hydroxyl groups is 3. The zero-order chi connectivity index (χ0) is 18.9. The maximum absolute atomic E-state index is 12.5. The maximum atomic E-state index is 12.5. The molecule has 1 saturated heterocycles. The van der Waals surface area contributed by atoms with Crippen LogP contribution in [0, 0.1) is 11.3 Å². The third kappa shape index (κ3) is 4.27. The predicted octanol–water partition coefficient (Wildman–Crippen LogP) is 2.09. The van der Waals surface area contributed by atoms with Gasteiger partial charge in [0.05, 0.1) is 24.3 Å². The van der Waals surface area contributed by atoms with E-state index in [0.29, 0.717) is 24.1 Å². The van der Waals surface area contributed by atoms with Gasteiger partial charge in [0.15, 0.2) is 5.78 Å². The molecule has 25 heavy (non-hydrogen) atoms. The van der Waals surface area contributed by atoms with Crippen molar-refractivity contribution in [3.8, 4) is 0 Å². The molecule has 2 aliphatic rings. The van der Waals surface area contributed by atoms with Crippen LogP contribution in [0.15, 0.2) is 16.3 Å². The van der Waals surface area contributed by atoms with Crippen LogP contribution in [-0.4, -0.2) is 63.4 Å².